The number of nitrogens with one attached hydrogen (secondary N) is 1. The largest absolute Gasteiger partial charge is 0.346 e. The van der Waals surface area contributed by atoms with Crippen molar-refractivity contribution < 1.29 is 0 Å². The number of nitrogens with zero attached hydrogens (tertiary/aromatic N) is 2. The number of amidine groups is 1. The van der Waals surface area contributed by atoms with Gasteiger partial charge in [0.1, 0.15) is 0 Å². The molecule has 0 aliphatic carbocycles. The molecule has 0 bridgehead atoms. The molecule has 0 saturated carbocycles. The summed E-state index contributed by atoms with van der Waals surface area (Å²) in [7, 11) is 0. The van der Waals surface area contributed by atoms with Crippen LogP contribution in [0.3, 0.4) is 0 Å². The molecular weight excluding hydrogens is 262 g/mol. The van der Waals surface area contributed by atoms with Crippen LogP contribution < -0.4 is 0 Å². The average molecular weight is 274 g/mol. The average Bonchev–Trinajstić information content (AvgIpc) is 2.54. The van der Waals surface area contributed by atoms with E-state index in [2.05, 4.69) is 9.88 Å². The van der Waals surface area contributed by atoms with Crippen LogP contribution in [0.4, 0.5) is 0 Å². The maximum absolute atomic E-state index is 7.63. The summed E-state index contributed by atoms with van der Waals surface area (Å²) in [5.74, 6) is 1.05. The molecule has 76 valence electrons. The van der Waals surface area contributed by atoms with Crippen molar-refractivity contribution in [2.45, 2.75) is 6.54 Å². The predicted octanol–water partition coefficient (Wildman–Crippen LogP) is 2.14. The predicted molar refractivity (Wildman–Crippen MR) is 65.2 cm³/mol. The molecule has 1 aliphatic rings. The van der Waals surface area contributed by atoms with Crippen LogP contribution in [0, 0.1) is 5.41 Å². The molecule has 0 radical (unpaired) electrons. The molecule has 3 nitrogen and oxygen atoms in total. The van der Waals surface area contributed by atoms with Gasteiger partial charge in [0.2, 0.25) is 0 Å². The van der Waals surface area contributed by atoms with Gasteiger partial charge in [-0.2, -0.15) is 0 Å². The van der Waals surface area contributed by atoms with Crippen LogP contribution >= 0.6 is 28.7 Å². The third-order valence-electron chi connectivity index (χ3n) is 2.01. The number of aromatic nitrogens is 1. The quantitative estimate of drug-likeness (QED) is 0.898. The van der Waals surface area contributed by atoms with Crippen LogP contribution in [-0.4, -0.2) is 27.3 Å². The number of hydrogen-bond acceptors (Lipinski definition) is 3. The Bertz CT molecular complexity index is 304. The van der Waals surface area contributed by atoms with Crippen molar-refractivity contribution in [3.63, 3.8) is 0 Å². The lowest BCUT2D eigenvalue weighted by Crippen LogP contribution is -2.22. The number of thioether (sulfide) groups is 1. The molecule has 0 unspecified atom stereocenters. The fourth-order valence-electron chi connectivity index (χ4n) is 1.30. The van der Waals surface area contributed by atoms with Crippen molar-refractivity contribution in [1.82, 2.24) is 9.88 Å². The van der Waals surface area contributed by atoms with E-state index in [4.69, 9.17) is 5.41 Å². The zero-order valence-electron chi connectivity index (χ0n) is 7.64. The van der Waals surface area contributed by atoms with Gasteiger partial charge in [0.05, 0.1) is 0 Å². The van der Waals surface area contributed by atoms with Gasteiger partial charge in [-0.25, -0.2) is 0 Å². The van der Waals surface area contributed by atoms with E-state index in [1.54, 1.807) is 24.2 Å². The molecule has 2 rings (SSSR count). The van der Waals surface area contributed by atoms with Crippen LogP contribution in [-0.2, 0) is 6.54 Å². The molecule has 0 amide bonds. The molecule has 0 atom stereocenters. The molecule has 1 N–H and O–H groups in total. The van der Waals surface area contributed by atoms with Crippen molar-refractivity contribution in [3.8, 4) is 0 Å². The van der Waals surface area contributed by atoms with Gasteiger partial charge in [0, 0.05) is 31.2 Å². The molecule has 1 saturated heterocycles. The van der Waals surface area contributed by atoms with Crippen molar-refractivity contribution in [3.05, 3.63) is 30.1 Å². The molecule has 1 aromatic heterocycles. The second-order valence-corrected chi connectivity index (χ2v) is 4.01. The van der Waals surface area contributed by atoms with E-state index in [-0.39, 0.29) is 17.0 Å². The number of rotatable bonds is 2. The van der Waals surface area contributed by atoms with E-state index in [1.807, 2.05) is 12.1 Å². The van der Waals surface area contributed by atoms with Crippen molar-refractivity contribution >= 4 is 33.9 Å². The Hall–Kier alpha value is -0.550. The zero-order valence-corrected chi connectivity index (χ0v) is 10.2. The van der Waals surface area contributed by atoms with Gasteiger partial charge in [-0.3, -0.25) is 10.4 Å². The molecule has 1 aliphatic heterocycles. The molecule has 1 aromatic rings. The summed E-state index contributed by atoms with van der Waals surface area (Å²) < 4.78 is 0. The summed E-state index contributed by atoms with van der Waals surface area (Å²) >= 11 is 1.62. The van der Waals surface area contributed by atoms with Crippen molar-refractivity contribution in [2.75, 3.05) is 12.3 Å². The van der Waals surface area contributed by atoms with Gasteiger partial charge in [0.15, 0.2) is 5.17 Å². The number of pyridine rings is 1. The summed E-state index contributed by atoms with van der Waals surface area (Å²) in [6.07, 6.45) is 3.59. The van der Waals surface area contributed by atoms with Gasteiger partial charge >= 0.3 is 0 Å². The van der Waals surface area contributed by atoms with Crippen LogP contribution in [0.2, 0.25) is 0 Å². The van der Waals surface area contributed by atoms with Crippen molar-refractivity contribution in [2.24, 2.45) is 0 Å². The van der Waals surface area contributed by atoms with E-state index < -0.39 is 0 Å². The van der Waals surface area contributed by atoms with Crippen LogP contribution in [0.25, 0.3) is 0 Å². The van der Waals surface area contributed by atoms with E-state index in [1.165, 1.54) is 5.56 Å². The highest BCUT2D eigenvalue weighted by atomic mass is 79.9. The standard InChI is InChI=1S/C9H11N3S.BrH/c10-9-12(5-6-13-9)7-8-1-3-11-4-2-8;/h1-4,10H,5-7H2;1H. The molecule has 0 aromatic carbocycles. The Morgan fingerprint density at radius 2 is 2.14 bits per heavy atom. The molecule has 0 spiro atoms. The van der Waals surface area contributed by atoms with Crippen LogP contribution in [0.1, 0.15) is 5.56 Å². The Labute approximate surface area is 98.2 Å². The Morgan fingerprint density at radius 3 is 2.71 bits per heavy atom. The highest BCUT2D eigenvalue weighted by Gasteiger charge is 2.17. The topological polar surface area (TPSA) is 40.0 Å². The van der Waals surface area contributed by atoms with Gasteiger partial charge in [-0.1, -0.05) is 11.8 Å². The van der Waals surface area contributed by atoms with Gasteiger partial charge in [0.25, 0.3) is 0 Å². The monoisotopic (exact) mass is 273 g/mol. The lowest BCUT2D eigenvalue weighted by atomic mass is 10.2. The number of hydrogen-bond donors (Lipinski definition) is 1. The molecular formula is C9H12BrN3S. The lowest BCUT2D eigenvalue weighted by Gasteiger charge is -2.15. The van der Waals surface area contributed by atoms with Gasteiger partial charge in [-0.15, -0.1) is 17.0 Å². The second-order valence-electron chi connectivity index (χ2n) is 2.93. The lowest BCUT2D eigenvalue weighted by molar-refractivity contribution is 0.454. The Kier molecular flexibility index (Phi) is 4.41. The Morgan fingerprint density at radius 1 is 1.43 bits per heavy atom. The van der Waals surface area contributed by atoms with E-state index in [9.17, 15) is 0 Å². The first kappa shape index (κ1) is 11.5. The smallest absolute Gasteiger partial charge is 0.156 e. The summed E-state index contributed by atoms with van der Waals surface area (Å²) in [6, 6.07) is 3.99. The molecule has 5 heteroatoms. The number of halogens is 1. The summed E-state index contributed by atoms with van der Waals surface area (Å²) in [5, 5.41) is 8.32. The fraction of sp³-hybridized carbons (Fsp3) is 0.333. The van der Waals surface area contributed by atoms with Crippen LogP contribution in [0.5, 0.6) is 0 Å². The van der Waals surface area contributed by atoms with Crippen LogP contribution in [0.15, 0.2) is 24.5 Å². The normalized spacial score (nSPS) is 15.4. The highest BCUT2D eigenvalue weighted by molar-refractivity contribution is 8.93. The first-order valence-electron chi connectivity index (χ1n) is 4.21. The van der Waals surface area contributed by atoms with E-state index in [0.717, 1.165) is 18.8 Å². The fourth-order valence-corrected chi connectivity index (χ4v) is 2.15. The first-order chi connectivity index (χ1) is 6.36. The SMILES string of the molecule is Br.N=C1SCCN1Cc1ccncc1. The van der Waals surface area contributed by atoms with E-state index >= 15 is 0 Å². The van der Waals surface area contributed by atoms with Crippen molar-refractivity contribution in [1.29, 1.82) is 5.41 Å². The highest BCUT2D eigenvalue weighted by Crippen LogP contribution is 2.18. The minimum absolute atomic E-state index is 0. The zero-order chi connectivity index (χ0) is 9.10. The summed E-state index contributed by atoms with van der Waals surface area (Å²) in [4.78, 5) is 6.04. The van der Waals surface area contributed by atoms with E-state index in [0.29, 0.717) is 5.17 Å². The van der Waals surface area contributed by atoms with Gasteiger partial charge in [-0.05, 0) is 17.7 Å². The minimum atomic E-state index is 0. The molecule has 2 heterocycles. The summed E-state index contributed by atoms with van der Waals surface area (Å²) in [5.41, 5.74) is 1.22. The maximum atomic E-state index is 7.63. The first-order valence-corrected chi connectivity index (χ1v) is 5.20. The Balaban J connectivity index is 0.000000980. The maximum Gasteiger partial charge on any atom is 0.156 e. The van der Waals surface area contributed by atoms with Gasteiger partial charge < -0.3 is 4.90 Å². The minimum Gasteiger partial charge on any atom is -0.346 e. The molecule has 14 heavy (non-hydrogen) atoms. The third-order valence-corrected chi connectivity index (χ3v) is 2.93. The second kappa shape index (κ2) is 5.36. The third kappa shape index (κ3) is 2.72. The molecule has 1 fully saturated rings. The summed E-state index contributed by atoms with van der Waals surface area (Å²) in [6.45, 7) is 1.83.